The van der Waals surface area contributed by atoms with Gasteiger partial charge in [0.25, 0.3) is 0 Å². The average molecular weight is 747 g/mol. The number of hydrogen-bond donors (Lipinski definition) is 0. The van der Waals surface area contributed by atoms with Gasteiger partial charge >= 0.3 is 21.7 Å². The molecule has 0 spiro atoms. The van der Waals surface area contributed by atoms with Crippen molar-refractivity contribution < 1.29 is 58.9 Å². The number of hydrogen-bond acceptors (Lipinski definition) is 3. The van der Waals surface area contributed by atoms with Crippen LogP contribution in [0, 0.1) is 47.6 Å². The fourth-order valence-corrected chi connectivity index (χ4v) is 14.8. The van der Waals surface area contributed by atoms with Crippen molar-refractivity contribution in [2.75, 3.05) is 57.0 Å². The molecule has 0 bridgehead atoms. The summed E-state index contributed by atoms with van der Waals surface area (Å²) in [4.78, 5) is 6.75. The molecule has 0 aliphatic heterocycles. The molecule has 8 heteroatoms. The third-order valence-electron chi connectivity index (χ3n) is 11.0. The summed E-state index contributed by atoms with van der Waals surface area (Å²) in [5.74, 6) is 0. The number of rotatable bonds is 7. The molecule has 3 aromatic carbocycles. The summed E-state index contributed by atoms with van der Waals surface area (Å²) < 4.78 is 0. The zero-order chi connectivity index (χ0) is 32.3. The molecule has 0 heterocycles. The first-order valence-electron chi connectivity index (χ1n) is 15.6. The Bertz CT molecular complexity index is 1520. The molecular weight excluding hydrogens is 693 g/mol. The minimum atomic E-state index is -2.91. The van der Waals surface area contributed by atoms with E-state index in [1.807, 2.05) is 0 Å². The van der Waals surface area contributed by atoms with E-state index in [4.69, 9.17) is 0 Å². The van der Waals surface area contributed by atoms with Crippen molar-refractivity contribution >= 4 is 40.7 Å². The Hall–Kier alpha value is -1.66. The van der Waals surface area contributed by atoms with E-state index in [9.17, 15) is 0 Å². The predicted octanol–water partition coefficient (Wildman–Crippen LogP) is -1.93. The van der Waals surface area contributed by atoms with Crippen molar-refractivity contribution in [3.05, 3.63) is 92.6 Å². The molecular formula is C39H54Cl3N3SiTi. The Kier molecular flexibility index (Phi) is 15.8. The molecule has 3 nitrogen and oxygen atoms in total. The largest absolute Gasteiger partial charge is 4.00 e. The van der Waals surface area contributed by atoms with Crippen molar-refractivity contribution in [3.63, 3.8) is 0 Å². The molecule has 1 atom stereocenters. The molecule has 0 radical (unpaired) electrons. The van der Waals surface area contributed by atoms with Gasteiger partial charge in [-0.25, -0.2) is 5.57 Å². The fourth-order valence-electron chi connectivity index (χ4n) is 7.93. The van der Waals surface area contributed by atoms with E-state index in [2.05, 4.69) is 169 Å². The maximum Gasteiger partial charge on any atom is 4.00 e. The summed E-state index contributed by atoms with van der Waals surface area (Å²) in [6.45, 7) is 23.5. The van der Waals surface area contributed by atoms with Crippen molar-refractivity contribution in [1.29, 1.82) is 0 Å². The van der Waals surface area contributed by atoms with Gasteiger partial charge < -0.3 is 51.9 Å². The Morgan fingerprint density at radius 1 is 0.489 bits per heavy atom. The SMILES string of the molecule is CC1=[C-]C(C)([Si](c2ccc(N(C)C)c(C)c2C)(c2ccc(N(C)C)c(C)c2C)c2ccc(N(C)C)c(C)c2C)C(C)=C1C.[Cl-].[Cl-].[Cl-].[Ti+4]. The maximum absolute atomic E-state index is 4.19. The van der Waals surface area contributed by atoms with Crippen molar-refractivity contribution in [3.8, 4) is 0 Å². The molecule has 1 aliphatic carbocycles. The molecule has 47 heavy (non-hydrogen) atoms. The van der Waals surface area contributed by atoms with E-state index < -0.39 is 8.07 Å². The van der Waals surface area contributed by atoms with Gasteiger partial charge in [0.05, 0.1) is 0 Å². The van der Waals surface area contributed by atoms with Crippen LogP contribution in [0.4, 0.5) is 17.1 Å². The minimum Gasteiger partial charge on any atom is -1.00 e. The number of halogens is 3. The van der Waals surface area contributed by atoms with Gasteiger partial charge in [-0.15, -0.1) is 6.92 Å². The van der Waals surface area contributed by atoms with E-state index >= 15 is 0 Å². The van der Waals surface area contributed by atoms with Crippen LogP contribution in [0.1, 0.15) is 61.1 Å². The van der Waals surface area contributed by atoms with Crippen LogP contribution in [0.3, 0.4) is 0 Å². The number of allylic oxidation sites excluding steroid dienone is 4. The molecule has 0 amide bonds. The molecule has 1 unspecified atom stereocenters. The van der Waals surface area contributed by atoms with Gasteiger partial charge in [-0.3, -0.25) is 6.08 Å². The Morgan fingerprint density at radius 2 is 0.766 bits per heavy atom. The Balaban J connectivity index is 0.00000529. The number of nitrogens with zero attached hydrogens (tertiary/aromatic N) is 3. The second-order valence-electron chi connectivity index (χ2n) is 13.7. The summed E-state index contributed by atoms with van der Waals surface area (Å²) in [6, 6.07) is 14.6. The van der Waals surface area contributed by atoms with Crippen LogP contribution in [0.15, 0.2) is 53.1 Å². The van der Waals surface area contributed by atoms with Crippen LogP contribution < -0.4 is 67.5 Å². The van der Waals surface area contributed by atoms with Crippen LogP contribution in [-0.4, -0.2) is 50.4 Å². The second-order valence-corrected chi connectivity index (χ2v) is 17.8. The monoisotopic (exact) mass is 745 g/mol. The number of benzene rings is 3. The van der Waals surface area contributed by atoms with Gasteiger partial charge in [-0.2, -0.15) is 11.1 Å². The fraction of sp³-hybridized carbons (Fsp3) is 0.436. The van der Waals surface area contributed by atoms with Crippen molar-refractivity contribution in [2.45, 2.75) is 74.3 Å². The summed E-state index contributed by atoms with van der Waals surface area (Å²) in [5.41, 5.74) is 16.3. The molecule has 254 valence electrons. The normalized spacial score (nSPS) is 15.5. The first kappa shape index (κ1) is 45.3. The van der Waals surface area contributed by atoms with Crippen LogP contribution in [0.2, 0.25) is 5.04 Å². The van der Waals surface area contributed by atoms with Gasteiger partial charge in [0.2, 0.25) is 0 Å². The molecule has 3 aromatic rings. The van der Waals surface area contributed by atoms with Crippen molar-refractivity contribution in [2.24, 2.45) is 0 Å². The smallest absolute Gasteiger partial charge is 1.00 e. The van der Waals surface area contributed by atoms with Gasteiger partial charge in [0, 0.05) is 59.3 Å². The van der Waals surface area contributed by atoms with Gasteiger partial charge in [0.15, 0.2) is 0 Å². The van der Waals surface area contributed by atoms with Gasteiger partial charge in [-0.1, -0.05) is 44.0 Å². The van der Waals surface area contributed by atoms with Gasteiger partial charge in [-0.05, 0) is 109 Å². The zero-order valence-corrected chi connectivity index (χ0v) is 36.3. The Morgan fingerprint density at radius 3 is 0.979 bits per heavy atom. The summed E-state index contributed by atoms with van der Waals surface area (Å²) in [5, 5.41) is 4.19. The van der Waals surface area contributed by atoms with Crippen molar-refractivity contribution in [1.82, 2.24) is 0 Å². The molecule has 0 fully saturated rings. The second kappa shape index (κ2) is 16.4. The van der Waals surface area contributed by atoms with E-state index in [0.29, 0.717) is 0 Å². The van der Waals surface area contributed by atoms with Gasteiger partial charge in [0.1, 0.15) is 8.07 Å². The van der Waals surface area contributed by atoms with Crippen LogP contribution in [0.25, 0.3) is 0 Å². The van der Waals surface area contributed by atoms with Crippen LogP contribution in [0.5, 0.6) is 0 Å². The summed E-state index contributed by atoms with van der Waals surface area (Å²) in [6.07, 6.45) is 4.19. The quantitative estimate of drug-likeness (QED) is 0.159. The zero-order valence-electron chi connectivity index (χ0n) is 31.4. The molecule has 1 aliphatic rings. The average Bonchev–Trinajstić information content (AvgIpc) is 3.13. The molecule has 4 rings (SSSR count). The maximum atomic E-state index is 4.19. The molecule has 0 aromatic heterocycles. The first-order valence-corrected chi connectivity index (χ1v) is 17.6. The summed E-state index contributed by atoms with van der Waals surface area (Å²) in [7, 11) is 10.0. The molecule has 0 saturated carbocycles. The van der Waals surface area contributed by atoms with E-state index in [-0.39, 0.29) is 64.0 Å². The third kappa shape index (κ3) is 6.90. The molecule has 0 N–H and O–H groups in total. The predicted molar refractivity (Wildman–Crippen MR) is 195 cm³/mol. The minimum absolute atomic E-state index is 0. The van der Waals surface area contributed by atoms with Crippen LogP contribution >= 0.6 is 0 Å². The van der Waals surface area contributed by atoms with E-state index in [1.165, 1.54) is 82.7 Å². The van der Waals surface area contributed by atoms with E-state index in [1.54, 1.807) is 0 Å². The Labute approximate surface area is 321 Å². The standard InChI is InChI=1S/C39H54N3Si.3ClH.Ti/c1-24-23-39(10,32(9)25(24)2)43(36-20-17-33(40(11)12)26(3)29(36)6,37-21-18-34(41(13)14)27(4)30(37)7)38-22-19-35(42(15)16)28(5)31(38)8;;;;/h17-22H,1-16H3;3*1H;/q-1;;;;+4/p-3. The van der Waals surface area contributed by atoms with E-state index in [0.717, 1.165) is 0 Å². The first-order chi connectivity index (χ1) is 19.9. The third-order valence-corrected chi connectivity index (χ3v) is 17.0. The summed E-state index contributed by atoms with van der Waals surface area (Å²) >= 11 is 0. The number of anilines is 3. The van der Waals surface area contributed by atoms with Crippen LogP contribution in [-0.2, 0) is 21.7 Å². The topological polar surface area (TPSA) is 9.72 Å². The molecule has 0 saturated heterocycles.